The molecule has 1 aliphatic carbocycles. The number of ether oxygens (including phenoxy) is 2. The Balaban J connectivity index is 1.53. The van der Waals surface area contributed by atoms with Crippen molar-refractivity contribution in [3.63, 3.8) is 0 Å². The highest BCUT2D eigenvalue weighted by atomic mass is 28.4. The van der Waals surface area contributed by atoms with Gasteiger partial charge in [0.1, 0.15) is 17.4 Å². The Morgan fingerprint density at radius 2 is 1.87 bits per heavy atom. The van der Waals surface area contributed by atoms with Crippen LogP contribution >= 0.6 is 0 Å². The zero-order valence-corrected chi connectivity index (χ0v) is 30.4. The standard InChI is InChI=1S/C36H48N6O4Si/c1-23-15-29(31(39-19-23)44-20-24-11-12-24)41-32-38-14-13-28(40-32)25-16-26(18-37)30-27(17-25)36(8,22-45-47(9,10)35(5,6)7)21-42(30)33(43)46-34(2,3)4/h13-17,19,24H,11-12,20-22H2,1-10H3,(H,38,40,41)/t36-/m1/s1. The monoisotopic (exact) mass is 656 g/mol. The fourth-order valence-electron chi connectivity index (χ4n) is 5.23. The summed E-state index contributed by atoms with van der Waals surface area (Å²) in [4.78, 5) is 29.0. The van der Waals surface area contributed by atoms with E-state index in [2.05, 4.69) is 62.1 Å². The number of hydrogen-bond acceptors (Lipinski definition) is 9. The Bertz CT molecular complexity index is 1700. The number of rotatable bonds is 9. The van der Waals surface area contributed by atoms with E-state index in [0.717, 1.165) is 16.7 Å². The second-order valence-corrected chi connectivity index (χ2v) is 20.5. The number of fused-ring (bicyclic) bond motifs is 1. The van der Waals surface area contributed by atoms with Gasteiger partial charge in [-0.15, -0.1) is 0 Å². The maximum Gasteiger partial charge on any atom is 0.414 e. The molecular weight excluding hydrogens is 609 g/mol. The van der Waals surface area contributed by atoms with Crippen LogP contribution in [0.2, 0.25) is 18.1 Å². The van der Waals surface area contributed by atoms with Crippen LogP contribution in [0, 0.1) is 24.2 Å². The summed E-state index contributed by atoms with van der Waals surface area (Å²) in [6.07, 6.45) is 5.35. The Hall–Kier alpha value is -4.01. The average molecular weight is 657 g/mol. The summed E-state index contributed by atoms with van der Waals surface area (Å²) < 4.78 is 18.6. The van der Waals surface area contributed by atoms with Gasteiger partial charge in [0.15, 0.2) is 8.32 Å². The van der Waals surface area contributed by atoms with Crippen LogP contribution in [0.25, 0.3) is 11.3 Å². The fraction of sp³-hybridized carbons (Fsp3) is 0.528. The second-order valence-electron chi connectivity index (χ2n) is 15.7. The number of pyridine rings is 1. The van der Waals surface area contributed by atoms with Gasteiger partial charge in [-0.2, -0.15) is 5.26 Å². The molecule has 1 fully saturated rings. The first-order chi connectivity index (χ1) is 21.9. The van der Waals surface area contributed by atoms with Gasteiger partial charge in [0, 0.05) is 36.5 Å². The molecule has 1 aromatic carbocycles. The average Bonchev–Trinajstić information content (AvgIpc) is 3.76. The number of hydrogen-bond donors (Lipinski definition) is 1. The normalized spacial score (nSPS) is 18.0. The van der Waals surface area contributed by atoms with E-state index in [1.54, 1.807) is 23.4 Å². The molecule has 2 aliphatic rings. The molecule has 1 aliphatic heterocycles. The van der Waals surface area contributed by atoms with Crippen LogP contribution in [0.1, 0.15) is 78.0 Å². The van der Waals surface area contributed by atoms with Crippen LogP contribution < -0.4 is 15.0 Å². The highest BCUT2D eigenvalue weighted by Gasteiger charge is 2.47. The van der Waals surface area contributed by atoms with E-state index in [9.17, 15) is 10.1 Å². The molecule has 0 saturated heterocycles. The Labute approximate surface area is 280 Å². The van der Waals surface area contributed by atoms with Crippen molar-refractivity contribution in [2.75, 3.05) is 30.0 Å². The van der Waals surface area contributed by atoms with Gasteiger partial charge in [0.25, 0.3) is 0 Å². The summed E-state index contributed by atoms with van der Waals surface area (Å²) in [6, 6.07) is 9.94. The predicted molar refractivity (Wildman–Crippen MR) is 187 cm³/mol. The SMILES string of the molecule is Cc1cnc(OCC2CC2)c(Nc2nccc(-c3cc(C#N)c4c(c3)[C@@](C)(CO[Si](C)(C)C(C)(C)C)CN4C(=O)OC(C)(C)C)n2)c1. The first kappa shape index (κ1) is 34.3. The molecule has 1 saturated carbocycles. The van der Waals surface area contributed by atoms with Crippen LogP contribution in [0.15, 0.2) is 36.7 Å². The Kier molecular flexibility index (Phi) is 9.16. The number of amides is 1. The zero-order valence-electron chi connectivity index (χ0n) is 29.4. The van der Waals surface area contributed by atoms with E-state index < -0.39 is 25.4 Å². The minimum atomic E-state index is -2.13. The van der Waals surface area contributed by atoms with E-state index >= 15 is 0 Å². The maximum absolute atomic E-state index is 13.6. The van der Waals surface area contributed by atoms with E-state index in [0.29, 0.717) is 60.1 Å². The molecule has 1 N–H and O–H groups in total. The van der Waals surface area contributed by atoms with Crippen molar-refractivity contribution < 1.29 is 18.7 Å². The predicted octanol–water partition coefficient (Wildman–Crippen LogP) is 8.29. The highest BCUT2D eigenvalue weighted by molar-refractivity contribution is 6.74. The molecule has 1 amide bonds. The summed E-state index contributed by atoms with van der Waals surface area (Å²) in [5, 5.41) is 13.7. The first-order valence-electron chi connectivity index (χ1n) is 16.3. The Morgan fingerprint density at radius 1 is 1.15 bits per heavy atom. The van der Waals surface area contributed by atoms with Gasteiger partial charge >= 0.3 is 6.09 Å². The van der Waals surface area contributed by atoms with Crippen LogP contribution in [0.4, 0.5) is 22.1 Å². The van der Waals surface area contributed by atoms with Gasteiger partial charge in [-0.05, 0) is 100.0 Å². The van der Waals surface area contributed by atoms with Gasteiger partial charge in [-0.1, -0.05) is 27.7 Å². The molecule has 3 heterocycles. The molecule has 2 aromatic heterocycles. The fourth-order valence-corrected chi connectivity index (χ4v) is 6.34. The molecule has 47 heavy (non-hydrogen) atoms. The van der Waals surface area contributed by atoms with Crippen molar-refractivity contribution >= 4 is 31.7 Å². The van der Waals surface area contributed by atoms with Gasteiger partial charge in [-0.25, -0.2) is 19.7 Å². The molecule has 11 heteroatoms. The molecular formula is C36H48N6O4Si. The molecule has 0 radical (unpaired) electrons. The Morgan fingerprint density at radius 3 is 2.51 bits per heavy atom. The quantitative estimate of drug-likeness (QED) is 0.227. The summed E-state index contributed by atoms with van der Waals surface area (Å²) in [5.74, 6) is 1.48. The summed E-state index contributed by atoms with van der Waals surface area (Å²) in [6.45, 7) is 22.0. The third kappa shape index (κ3) is 7.76. The molecule has 1 atom stereocenters. The zero-order chi connectivity index (χ0) is 34.4. The van der Waals surface area contributed by atoms with Crippen molar-refractivity contribution in [1.29, 1.82) is 5.26 Å². The van der Waals surface area contributed by atoms with Crippen LogP contribution in [-0.2, 0) is 14.6 Å². The number of nitrogens with one attached hydrogen (secondary N) is 1. The maximum atomic E-state index is 13.6. The van der Waals surface area contributed by atoms with Crippen LogP contribution in [0.3, 0.4) is 0 Å². The minimum Gasteiger partial charge on any atom is -0.476 e. The number of carbonyl (C=O) groups excluding carboxylic acids is 1. The molecule has 250 valence electrons. The van der Waals surface area contributed by atoms with E-state index in [4.69, 9.17) is 18.9 Å². The van der Waals surface area contributed by atoms with Gasteiger partial charge in [-0.3, -0.25) is 4.90 Å². The molecule has 3 aromatic rings. The first-order valence-corrected chi connectivity index (χ1v) is 19.2. The lowest BCUT2D eigenvalue weighted by Crippen LogP contribution is -2.46. The number of benzene rings is 1. The van der Waals surface area contributed by atoms with E-state index in [-0.39, 0.29) is 5.04 Å². The van der Waals surface area contributed by atoms with Crippen molar-refractivity contribution in [1.82, 2.24) is 15.0 Å². The third-order valence-corrected chi connectivity index (χ3v) is 13.6. The smallest absolute Gasteiger partial charge is 0.414 e. The number of nitriles is 1. The minimum absolute atomic E-state index is 0.00921. The number of nitrogens with zero attached hydrogens (tertiary/aromatic N) is 5. The molecule has 5 rings (SSSR count). The summed E-state index contributed by atoms with van der Waals surface area (Å²) >= 11 is 0. The molecule has 10 nitrogen and oxygen atoms in total. The molecule has 0 unspecified atom stereocenters. The lowest BCUT2D eigenvalue weighted by molar-refractivity contribution is 0.0575. The van der Waals surface area contributed by atoms with Gasteiger partial charge in [0.05, 0.1) is 23.6 Å². The van der Waals surface area contributed by atoms with Gasteiger partial charge in [0.2, 0.25) is 11.8 Å². The molecule has 0 bridgehead atoms. The number of carbonyl (C=O) groups is 1. The van der Waals surface area contributed by atoms with Crippen LogP contribution in [-0.4, -0.2) is 54.7 Å². The van der Waals surface area contributed by atoms with Crippen molar-refractivity contribution in [2.24, 2.45) is 5.92 Å². The van der Waals surface area contributed by atoms with Crippen molar-refractivity contribution in [3.05, 3.63) is 53.3 Å². The lowest BCUT2D eigenvalue weighted by atomic mass is 9.83. The highest BCUT2D eigenvalue weighted by Crippen LogP contribution is 2.47. The van der Waals surface area contributed by atoms with Gasteiger partial charge < -0.3 is 19.2 Å². The lowest BCUT2D eigenvalue weighted by Gasteiger charge is -2.39. The van der Waals surface area contributed by atoms with Crippen molar-refractivity contribution in [2.45, 2.75) is 97.4 Å². The topological polar surface area (TPSA) is 122 Å². The van der Waals surface area contributed by atoms with Crippen molar-refractivity contribution in [3.8, 4) is 23.2 Å². The third-order valence-electron chi connectivity index (χ3n) is 9.17. The number of anilines is 3. The van der Waals surface area contributed by atoms with Crippen LogP contribution in [0.5, 0.6) is 5.88 Å². The summed E-state index contributed by atoms with van der Waals surface area (Å²) in [7, 11) is -2.13. The summed E-state index contributed by atoms with van der Waals surface area (Å²) in [5.41, 5.74) is 3.52. The second kappa shape index (κ2) is 12.5. The number of aryl methyl sites for hydroxylation is 1. The molecule has 0 spiro atoms. The largest absolute Gasteiger partial charge is 0.476 e. The van der Waals surface area contributed by atoms with E-state index in [1.807, 2.05) is 45.9 Å². The number of aromatic nitrogens is 3. The van der Waals surface area contributed by atoms with E-state index in [1.165, 1.54) is 12.8 Å².